The van der Waals surface area contributed by atoms with E-state index in [0.29, 0.717) is 5.92 Å². The highest BCUT2D eigenvalue weighted by atomic mass is 16.6. The number of fused-ring (bicyclic) bond motifs is 1. The summed E-state index contributed by atoms with van der Waals surface area (Å²) in [6.07, 6.45) is 1.61. The Balaban J connectivity index is 0.000000482. The number of alkyl carbamates (subject to hydrolysis) is 1. The topological polar surface area (TPSA) is 144 Å². The monoisotopic (exact) mass is 447 g/mol. The van der Waals surface area contributed by atoms with E-state index in [4.69, 9.17) is 15.5 Å². The Morgan fingerprint density at radius 2 is 1.94 bits per heavy atom. The van der Waals surface area contributed by atoms with Crippen molar-refractivity contribution >= 4 is 30.7 Å². The van der Waals surface area contributed by atoms with Crippen molar-refractivity contribution in [3.63, 3.8) is 0 Å². The van der Waals surface area contributed by atoms with Crippen molar-refractivity contribution in [2.24, 2.45) is 11.7 Å². The lowest BCUT2D eigenvalue weighted by atomic mass is 10.0. The average Bonchev–Trinajstić information content (AvgIpc) is 2.66. The first-order valence-electron chi connectivity index (χ1n) is 10.4. The van der Waals surface area contributed by atoms with Gasteiger partial charge in [-0.05, 0) is 56.9 Å². The van der Waals surface area contributed by atoms with Gasteiger partial charge in [-0.2, -0.15) is 0 Å². The maximum absolute atomic E-state index is 11.8. The van der Waals surface area contributed by atoms with E-state index in [1.54, 1.807) is 27.0 Å². The standard InChI is InChI=1S/C17H20N2O4.C5H14BNO2/c1-17(2,3)23-16(22)19-14(15(20)21)10-11-6-7-13-12(9-11)5-4-8-18-13;1-4(2)3-5(7)9-6-8/h4-9,14H,10H2,1-3H3,(H,19,22)(H,20,21);4-6,8H,3,7H2,1-2H3/t;5-/m.1/s1. The van der Waals surface area contributed by atoms with Crippen molar-refractivity contribution in [3.8, 4) is 0 Å². The van der Waals surface area contributed by atoms with Crippen LogP contribution >= 0.6 is 0 Å². The number of nitrogens with one attached hydrogen (secondary N) is 1. The predicted octanol–water partition coefficient (Wildman–Crippen LogP) is 2.35. The zero-order valence-electron chi connectivity index (χ0n) is 19.4. The van der Waals surface area contributed by atoms with Crippen LogP contribution in [0.3, 0.4) is 0 Å². The molecule has 1 aromatic carbocycles. The summed E-state index contributed by atoms with van der Waals surface area (Å²) in [6.45, 7) is 9.28. The molecule has 0 fully saturated rings. The number of hydrogen-bond acceptors (Lipinski definition) is 7. The molecule has 0 aliphatic heterocycles. The van der Waals surface area contributed by atoms with Crippen molar-refractivity contribution < 1.29 is 29.1 Å². The fourth-order valence-corrected chi connectivity index (χ4v) is 2.77. The molecule has 1 heterocycles. The number of pyridine rings is 1. The molecule has 9 nitrogen and oxygen atoms in total. The molecule has 0 radical (unpaired) electrons. The second-order valence-corrected chi connectivity index (χ2v) is 8.74. The first-order valence-corrected chi connectivity index (χ1v) is 10.4. The second kappa shape index (κ2) is 13.0. The van der Waals surface area contributed by atoms with E-state index in [1.807, 2.05) is 30.3 Å². The molecule has 2 rings (SSSR count). The van der Waals surface area contributed by atoms with Crippen LogP contribution in [0.25, 0.3) is 10.9 Å². The molecule has 2 aromatic rings. The van der Waals surface area contributed by atoms with Gasteiger partial charge in [-0.3, -0.25) is 4.98 Å². The van der Waals surface area contributed by atoms with Gasteiger partial charge in [0.05, 0.1) is 11.7 Å². The Morgan fingerprint density at radius 3 is 2.50 bits per heavy atom. The number of carbonyl (C=O) groups is 2. The summed E-state index contributed by atoms with van der Waals surface area (Å²) in [7, 11) is -0.284. The van der Waals surface area contributed by atoms with Crippen LogP contribution in [0.4, 0.5) is 4.79 Å². The highest BCUT2D eigenvalue weighted by Gasteiger charge is 2.24. The van der Waals surface area contributed by atoms with E-state index in [1.165, 1.54) is 0 Å². The molecule has 0 spiro atoms. The zero-order valence-corrected chi connectivity index (χ0v) is 19.4. The van der Waals surface area contributed by atoms with Gasteiger partial charge in [-0.25, -0.2) is 9.59 Å². The molecule has 2 atom stereocenters. The summed E-state index contributed by atoms with van der Waals surface area (Å²) < 4.78 is 9.79. The molecular formula is C22H34BN3O6. The zero-order chi connectivity index (χ0) is 24.3. The molecule has 176 valence electrons. The third-order valence-electron chi connectivity index (χ3n) is 4.09. The fourth-order valence-electron chi connectivity index (χ4n) is 2.77. The summed E-state index contributed by atoms with van der Waals surface area (Å²) in [5.41, 5.74) is 6.36. The predicted molar refractivity (Wildman–Crippen MR) is 124 cm³/mol. The number of ether oxygens (including phenoxy) is 1. The van der Waals surface area contributed by atoms with Gasteiger partial charge in [-0.1, -0.05) is 26.0 Å². The summed E-state index contributed by atoms with van der Waals surface area (Å²) >= 11 is 0. The van der Waals surface area contributed by atoms with E-state index in [-0.39, 0.29) is 20.3 Å². The van der Waals surface area contributed by atoms with Crippen molar-refractivity contribution in [3.05, 3.63) is 42.1 Å². The largest absolute Gasteiger partial charge is 0.480 e. The minimum absolute atomic E-state index is 0.166. The quantitative estimate of drug-likeness (QED) is 0.357. The van der Waals surface area contributed by atoms with Crippen molar-refractivity contribution in [1.82, 2.24) is 10.3 Å². The number of nitrogens with zero attached hydrogens (tertiary/aromatic N) is 1. The van der Waals surface area contributed by atoms with Gasteiger partial charge in [0, 0.05) is 18.0 Å². The van der Waals surface area contributed by atoms with E-state index in [2.05, 4.69) is 28.8 Å². The number of aromatic nitrogens is 1. The van der Waals surface area contributed by atoms with Crippen molar-refractivity contribution in [2.75, 3.05) is 0 Å². The average molecular weight is 447 g/mol. The van der Waals surface area contributed by atoms with Gasteiger partial charge in [0.2, 0.25) is 0 Å². The van der Waals surface area contributed by atoms with Crippen molar-refractivity contribution in [1.29, 1.82) is 0 Å². The summed E-state index contributed by atoms with van der Waals surface area (Å²) in [5, 5.41) is 20.9. The number of carboxylic acid groups (broad SMARTS) is 1. The van der Waals surface area contributed by atoms with Gasteiger partial charge < -0.3 is 30.6 Å². The van der Waals surface area contributed by atoms with Crippen LogP contribution in [-0.4, -0.2) is 52.7 Å². The van der Waals surface area contributed by atoms with Crippen LogP contribution in [0.5, 0.6) is 0 Å². The Kier molecular flexibility index (Phi) is 11.1. The first-order chi connectivity index (χ1) is 14.9. The van der Waals surface area contributed by atoms with Gasteiger partial charge in [0.15, 0.2) is 0 Å². The molecular weight excluding hydrogens is 413 g/mol. The minimum Gasteiger partial charge on any atom is -0.480 e. The normalized spacial score (nSPS) is 13.0. The molecule has 0 aliphatic carbocycles. The highest BCUT2D eigenvalue weighted by Crippen LogP contribution is 2.15. The summed E-state index contributed by atoms with van der Waals surface area (Å²) in [5.74, 6) is -0.589. The molecule has 0 saturated carbocycles. The molecule has 5 N–H and O–H groups in total. The number of aliphatic carboxylic acids is 1. The molecule has 32 heavy (non-hydrogen) atoms. The number of nitrogens with two attached hydrogens (primary N) is 1. The number of amides is 1. The molecule has 0 aliphatic rings. The van der Waals surface area contributed by atoms with E-state index < -0.39 is 23.7 Å². The van der Waals surface area contributed by atoms with E-state index in [0.717, 1.165) is 22.9 Å². The fraction of sp³-hybridized carbons (Fsp3) is 0.500. The van der Waals surface area contributed by atoms with Gasteiger partial charge in [-0.15, -0.1) is 0 Å². The molecule has 0 bridgehead atoms. The first kappa shape index (κ1) is 27.3. The summed E-state index contributed by atoms with van der Waals surface area (Å²) in [6, 6.07) is 8.18. The third kappa shape index (κ3) is 11.1. The molecule has 10 heteroatoms. The number of carboxylic acids is 1. The van der Waals surface area contributed by atoms with Crippen LogP contribution in [-0.2, 0) is 20.6 Å². The smallest absolute Gasteiger partial charge is 0.436 e. The molecule has 1 unspecified atom stereocenters. The lowest BCUT2D eigenvalue weighted by Crippen LogP contribution is -2.44. The molecule has 1 aromatic heterocycles. The van der Waals surface area contributed by atoms with Gasteiger partial charge in [0.25, 0.3) is 0 Å². The highest BCUT2D eigenvalue weighted by molar-refractivity contribution is 6.15. The van der Waals surface area contributed by atoms with E-state index in [9.17, 15) is 14.7 Å². The van der Waals surface area contributed by atoms with Crippen LogP contribution in [0.1, 0.15) is 46.6 Å². The van der Waals surface area contributed by atoms with Gasteiger partial charge >= 0.3 is 19.7 Å². The summed E-state index contributed by atoms with van der Waals surface area (Å²) in [4.78, 5) is 27.4. The van der Waals surface area contributed by atoms with Crippen LogP contribution < -0.4 is 11.1 Å². The number of carbonyl (C=O) groups excluding carboxylic acids is 1. The lowest BCUT2D eigenvalue weighted by Gasteiger charge is -2.22. The lowest BCUT2D eigenvalue weighted by molar-refractivity contribution is -0.139. The Morgan fingerprint density at radius 1 is 1.25 bits per heavy atom. The number of benzene rings is 1. The number of hydrogen-bond donors (Lipinski definition) is 4. The van der Waals surface area contributed by atoms with Gasteiger partial charge in [0.1, 0.15) is 11.6 Å². The minimum atomic E-state index is -1.11. The van der Waals surface area contributed by atoms with Crippen LogP contribution in [0.2, 0.25) is 0 Å². The van der Waals surface area contributed by atoms with Crippen molar-refractivity contribution in [2.45, 2.75) is 65.3 Å². The van der Waals surface area contributed by atoms with E-state index >= 15 is 0 Å². The Hall–Kier alpha value is -2.69. The van der Waals surface area contributed by atoms with Crippen LogP contribution in [0.15, 0.2) is 36.5 Å². The second-order valence-electron chi connectivity index (χ2n) is 8.74. The Labute approximate surface area is 189 Å². The Bertz CT molecular complexity index is 872. The number of rotatable bonds is 8. The van der Waals surface area contributed by atoms with Crippen LogP contribution in [0, 0.1) is 5.92 Å². The molecule has 1 amide bonds. The maximum atomic E-state index is 11.8. The molecule has 0 saturated heterocycles. The third-order valence-corrected chi connectivity index (χ3v) is 4.09. The maximum Gasteiger partial charge on any atom is 0.436 e. The SMILES string of the molecule is CC(C)(C)OC(=O)NC(Cc1ccc2ncccc2c1)C(=O)O.CC(C)C[C@H](N)OBO.